The van der Waals surface area contributed by atoms with Crippen molar-refractivity contribution in [3.8, 4) is 0 Å². The Labute approximate surface area is 154 Å². The average Bonchev–Trinajstić information content (AvgIpc) is 2.62. The fourth-order valence-electron chi connectivity index (χ4n) is 3.64. The molecule has 2 aromatic rings. The van der Waals surface area contributed by atoms with Crippen LogP contribution in [0.15, 0.2) is 42.6 Å². The fraction of sp³-hybridized carbons (Fsp3) is 0.450. The van der Waals surface area contributed by atoms with Gasteiger partial charge in [-0.1, -0.05) is 30.3 Å². The quantitative estimate of drug-likeness (QED) is 0.585. The van der Waals surface area contributed by atoms with Crippen LogP contribution in [-0.4, -0.2) is 41.5 Å². The number of benzene rings is 1. The molecule has 1 saturated heterocycles. The van der Waals surface area contributed by atoms with Gasteiger partial charge in [0.2, 0.25) is 0 Å². The molecule has 0 saturated carbocycles. The van der Waals surface area contributed by atoms with Crippen molar-refractivity contribution in [2.24, 2.45) is 5.92 Å². The normalized spacial score (nSPS) is 15.4. The van der Waals surface area contributed by atoms with Gasteiger partial charge in [-0.25, -0.2) is 4.98 Å². The summed E-state index contributed by atoms with van der Waals surface area (Å²) >= 11 is 0. The molecule has 3 rings (SSSR count). The van der Waals surface area contributed by atoms with Gasteiger partial charge >= 0.3 is 0 Å². The van der Waals surface area contributed by atoms with Crippen molar-refractivity contribution >= 4 is 11.5 Å². The molecule has 1 aromatic heterocycles. The van der Waals surface area contributed by atoms with Gasteiger partial charge in [-0.2, -0.15) is 0 Å². The summed E-state index contributed by atoms with van der Waals surface area (Å²) in [5.74, 6) is 1.53. The number of nitrogens with zero attached hydrogens (tertiary/aromatic N) is 4. The molecule has 1 aromatic carbocycles. The van der Waals surface area contributed by atoms with Crippen molar-refractivity contribution in [3.63, 3.8) is 0 Å². The fourth-order valence-corrected chi connectivity index (χ4v) is 3.64. The summed E-state index contributed by atoms with van der Waals surface area (Å²) in [6.07, 6.45) is 3.62. The van der Waals surface area contributed by atoms with Crippen molar-refractivity contribution in [2.45, 2.75) is 26.3 Å². The number of pyridine rings is 1. The Hall–Kier alpha value is -2.47. The molecule has 2 heterocycles. The summed E-state index contributed by atoms with van der Waals surface area (Å²) in [5, 5.41) is 10.9. The lowest BCUT2D eigenvalue weighted by atomic mass is 9.96. The minimum atomic E-state index is -0.374. The third-order valence-corrected chi connectivity index (χ3v) is 5.07. The molecule has 6 nitrogen and oxygen atoms in total. The van der Waals surface area contributed by atoms with Crippen LogP contribution in [0.3, 0.4) is 0 Å². The van der Waals surface area contributed by atoms with Gasteiger partial charge in [0, 0.05) is 31.7 Å². The first-order valence-corrected chi connectivity index (χ1v) is 9.11. The highest BCUT2D eigenvalue weighted by atomic mass is 16.6. The number of hydrogen-bond donors (Lipinski definition) is 0. The molecule has 0 unspecified atom stereocenters. The molecule has 0 radical (unpaired) electrons. The van der Waals surface area contributed by atoms with E-state index in [2.05, 4.69) is 46.1 Å². The van der Waals surface area contributed by atoms with Crippen LogP contribution in [0.5, 0.6) is 0 Å². The molecule has 1 aliphatic rings. The summed E-state index contributed by atoms with van der Waals surface area (Å²) in [4.78, 5) is 19.5. The molecule has 0 spiro atoms. The lowest BCUT2D eigenvalue weighted by molar-refractivity contribution is -0.385. The van der Waals surface area contributed by atoms with Crippen LogP contribution in [-0.2, 0) is 6.54 Å². The number of hydrogen-bond acceptors (Lipinski definition) is 5. The van der Waals surface area contributed by atoms with Crippen molar-refractivity contribution < 1.29 is 4.92 Å². The van der Waals surface area contributed by atoms with Crippen molar-refractivity contribution in [2.75, 3.05) is 31.6 Å². The number of anilines is 1. The third kappa shape index (κ3) is 4.58. The van der Waals surface area contributed by atoms with E-state index in [-0.39, 0.29) is 10.6 Å². The monoisotopic (exact) mass is 354 g/mol. The van der Waals surface area contributed by atoms with Crippen molar-refractivity contribution in [3.05, 3.63) is 63.8 Å². The number of aromatic nitrogens is 1. The van der Waals surface area contributed by atoms with Gasteiger partial charge in [0.25, 0.3) is 5.69 Å². The number of nitro groups is 1. The van der Waals surface area contributed by atoms with Crippen LogP contribution in [0.25, 0.3) is 0 Å². The van der Waals surface area contributed by atoms with Crippen molar-refractivity contribution in [1.29, 1.82) is 0 Å². The minimum Gasteiger partial charge on any atom is -0.357 e. The number of aryl methyl sites for hydroxylation is 1. The lowest BCUT2D eigenvalue weighted by Gasteiger charge is -2.34. The van der Waals surface area contributed by atoms with E-state index in [1.165, 1.54) is 11.8 Å². The topological polar surface area (TPSA) is 62.5 Å². The summed E-state index contributed by atoms with van der Waals surface area (Å²) in [6.45, 7) is 5.75. The van der Waals surface area contributed by atoms with Crippen LogP contribution >= 0.6 is 0 Å². The standard InChI is InChI=1S/C20H26N4O2/c1-16-12-20(21-13-19(16)24(25)26)23-10-8-18(9-11-23)15-22(2)14-17-6-4-3-5-7-17/h3-7,12-13,18H,8-11,14-15H2,1-2H3. The van der Waals surface area contributed by atoms with E-state index in [9.17, 15) is 10.1 Å². The van der Waals surface area contributed by atoms with Gasteiger partial charge in [0.1, 0.15) is 12.0 Å². The Balaban J connectivity index is 1.51. The maximum Gasteiger partial charge on any atom is 0.290 e. The zero-order chi connectivity index (χ0) is 18.5. The van der Waals surface area contributed by atoms with E-state index in [4.69, 9.17) is 0 Å². The van der Waals surface area contributed by atoms with E-state index < -0.39 is 0 Å². The molecule has 26 heavy (non-hydrogen) atoms. The predicted molar refractivity (Wildman–Crippen MR) is 103 cm³/mol. The predicted octanol–water partition coefficient (Wildman–Crippen LogP) is 3.65. The van der Waals surface area contributed by atoms with Gasteiger partial charge in [-0.05, 0) is 44.4 Å². The molecule has 0 N–H and O–H groups in total. The second-order valence-corrected chi connectivity index (χ2v) is 7.20. The second-order valence-electron chi connectivity index (χ2n) is 7.20. The lowest BCUT2D eigenvalue weighted by Crippen LogP contribution is -2.38. The molecule has 6 heteroatoms. The third-order valence-electron chi connectivity index (χ3n) is 5.07. The molecule has 1 fully saturated rings. The minimum absolute atomic E-state index is 0.0890. The second kappa shape index (κ2) is 8.27. The molecule has 1 aliphatic heterocycles. The number of rotatable bonds is 6. The first-order valence-electron chi connectivity index (χ1n) is 9.11. The molecule has 138 valence electrons. The van der Waals surface area contributed by atoms with E-state index in [0.29, 0.717) is 11.5 Å². The Bertz CT molecular complexity index is 743. The van der Waals surface area contributed by atoms with Crippen LogP contribution in [0.4, 0.5) is 11.5 Å². The SMILES string of the molecule is Cc1cc(N2CCC(CN(C)Cc3ccccc3)CC2)ncc1[N+](=O)[O-]. The van der Waals surface area contributed by atoms with Gasteiger partial charge < -0.3 is 9.80 Å². The Kier molecular flexibility index (Phi) is 5.83. The zero-order valence-electron chi connectivity index (χ0n) is 15.5. The molecular formula is C20H26N4O2. The summed E-state index contributed by atoms with van der Waals surface area (Å²) in [7, 11) is 2.18. The van der Waals surface area contributed by atoms with E-state index in [1.807, 2.05) is 12.1 Å². The van der Waals surface area contributed by atoms with Gasteiger partial charge in [0.05, 0.1) is 4.92 Å². The molecular weight excluding hydrogens is 328 g/mol. The number of piperidine rings is 1. The van der Waals surface area contributed by atoms with Crippen LogP contribution < -0.4 is 4.90 Å². The van der Waals surface area contributed by atoms with Crippen LogP contribution in [0.1, 0.15) is 24.0 Å². The highest BCUT2D eigenvalue weighted by Gasteiger charge is 2.22. The van der Waals surface area contributed by atoms with E-state index in [1.54, 1.807) is 6.92 Å². The molecule has 0 atom stereocenters. The van der Waals surface area contributed by atoms with E-state index in [0.717, 1.165) is 44.8 Å². The Morgan fingerprint density at radius 2 is 1.96 bits per heavy atom. The Morgan fingerprint density at radius 3 is 2.58 bits per heavy atom. The first-order chi connectivity index (χ1) is 12.5. The van der Waals surface area contributed by atoms with Crippen LogP contribution in [0.2, 0.25) is 0 Å². The van der Waals surface area contributed by atoms with Gasteiger partial charge in [-0.15, -0.1) is 0 Å². The molecule has 0 aliphatic carbocycles. The Morgan fingerprint density at radius 1 is 1.27 bits per heavy atom. The van der Waals surface area contributed by atoms with Gasteiger partial charge in [0.15, 0.2) is 0 Å². The maximum atomic E-state index is 10.9. The summed E-state index contributed by atoms with van der Waals surface area (Å²) in [6, 6.07) is 12.4. The largest absolute Gasteiger partial charge is 0.357 e. The average molecular weight is 354 g/mol. The summed E-state index contributed by atoms with van der Waals surface area (Å²) < 4.78 is 0. The van der Waals surface area contributed by atoms with E-state index >= 15 is 0 Å². The smallest absolute Gasteiger partial charge is 0.290 e. The molecule has 0 bridgehead atoms. The highest BCUT2D eigenvalue weighted by Crippen LogP contribution is 2.26. The first kappa shape index (κ1) is 18.3. The van der Waals surface area contributed by atoms with Crippen LogP contribution in [0, 0.1) is 23.0 Å². The maximum absolute atomic E-state index is 10.9. The van der Waals surface area contributed by atoms with Gasteiger partial charge in [-0.3, -0.25) is 10.1 Å². The zero-order valence-corrected chi connectivity index (χ0v) is 15.5. The highest BCUT2D eigenvalue weighted by molar-refractivity contribution is 5.48. The van der Waals surface area contributed by atoms with Crippen molar-refractivity contribution in [1.82, 2.24) is 9.88 Å². The molecule has 0 amide bonds. The summed E-state index contributed by atoms with van der Waals surface area (Å²) in [5.41, 5.74) is 2.11.